The third-order valence-electron chi connectivity index (χ3n) is 1.13. The zero-order valence-electron chi connectivity index (χ0n) is 5.34. The van der Waals surface area contributed by atoms with Gasteiger partial charge in [-0.05, 0) is 17.7 Å². The van der Waals surface area contributed by atoms with E-state index in [1.165, 1.54) is 6.07 Å². The SMILES string of the molecule is Nc1ccnc(F)c1C(=O)Cl. The van der Waals surface area contributed by atoms with Crippen molar-refractivity contribution in [3.05, 3.63) is 23.8 Å². The van der Waals surface area contributed by atoms with E-state index in [0.717, 1.165) is 6.20 Å². The van der Waals surface area contributed by atoms with Gasteiger partial charge in [-0.25, -0.2) is 4.98 Å². The van der Waals surface area contributed by atoms with E-state index in [-0.39, 0.29) is 11.3 Å². The van der Waals surface area contributed by atoms with Gasteiger partial charge in [0.05, 0.1) is 0 Å². The van der Waals surface area contributed by atoms with E-state index < -0.39 is 11.2 Å². The molecule has 11 heavy (non-hydrogen) atoms. The maximum atomic E-state index is 12.6. The van der Waals surface area contributed by atoms with Gasteiger partial charge in [0.25, 0.3) is 5.24 Å². The van der Waals surface area contributed by atoms with Crippen LogP contribution in [0.2, 0.25) is 0 Å². The molecule has 0 unspecified atom stereocenters. The van der Waals surface area contributed by atoms with E-state index in [2.05, 4.69) is 4.98 Å². The van der Waals surface area contributed by atoms with Crippen LogP contribution < -0.4 is 5.73 Å². The predicted octanol–water partition coefficient (Wildman–Crippen LogP) is 1.18. The monoisotopic (exact) mass is 174 g/mol. The standard InChI is InChI=1S/C6H4ClFN2O/c7-5(11)4-3(9)1-2-10-6(4)8/h1-2H,(H2,9,10). The van der Waals surface area contributed by atoms with Crippen LogP contribution in [0.1, 0.15) is 10.4 Å². The van der Waals surface area contributed by atoms with E-state index in [9.17, 15) is 9.18 Å². The minimum Gasteiger partial charge on any atom is -0.398 e. The molecule has 0 fully saturated rings. The predicted molar refractivity (Wildman–Crippen MR) is 38.8 cm³/mol. The molecule has 0 spiro atoms. The third-order valence-corrected chi connectivity index (χ3v) is 1.32. The first kappa shape index (κ1) is 7.94. The Morgan fingerprint density at radius 1 is 1.73 bits per heavy atom. The number of nitrogens with two attached hydrogens (primary N) is 1. The molecule has 3 nitrogen and oxygen atoms in total. The maximum Gasteiger partial charge on any atom is 0.259 e. The Morgan fingerprint density at radius 2 is 2.36 bits per heavy atom. The molecule has 5 heteroatoms. The first-order valence-corrected chi connectivity index (χ1v) is 3.10. The van der Waals surface area contributed by atoms with Crippen LogP contribution in [0.5, 0.6) is 0 Å². The third kappa shape index (κ3) is 1.46. The summed E-state index contributed by atoms with van der Waals surface area (Å²) in [6, 6.07) is 1.30. The summed E-state index contributed by atoms with van der Waals surface area (Å²) in [4.78, 5) is 13.7. The molecule has 2 N–H and O–H groups in total. The van der Waals surface area contributed by atoms with E-state index in [4.69, 9.17) is 17.3 Å². The number of nitrogens with zero attached hydrogens (tertiary/aromatic N) is 1. The van der Waals surface area contributed by atoms with Gasteiger partial charge in [0.15, 0.2) is 0 Å². The second-order valence-electron chi connectivity index (χ2n) is 1.84. The highest BCUT2D eigenvalue weighted by atomic mass is 35.5. The van der Waals surface area contributed by atoms with Gasteiger partial charge in [-0.1, -0.05) is 0 Å². The van der Waals surface area contributed by atoms with Crippen LogP contribution in [-0.4, -0.2) is 10.2 Å². The van der Waals surface area contributed by atoms with Gasteiger partial charge < -0.3 is 5.73 Å². The highest BCUT2D eigenvalue weighted by Crippen LogP contribution is 2.15. The molecular weight excluding hydrogens is 171 g/mol. The summed E-state index contributed by atoms with van der Waals surface area (Å²) < 4.78 is 12.6. The fraction of sp³-hybridized carbons (Fsp3) is 0. The maximum absolute atomic E-state index is 12.6. The van der Waals surface area contributed by atoms with Crippen LogP contribution in [0.15, 0.2) is 12.3 Å². The molecule has 1 rings (SSSR count). The molecule has 1 heterocycles. The van der Waals surface area contributed by atoms with Crippen molar-refractivity contribution < 1.29 is 9.18 Å². The van der Waals surface area contributed by atoms with Crippen molar-refractivity contribution in [2.24, 2.45) is 0 Å². The largest absolute Gasteiger partial charge is 0.398 e. The van der Waals surface area contributed by atoms with Crippen molar-refractivity contribution in [3.63, 3.8) is 0 Å². The Morgan fingerprint density at radius 3 is 2.73 bits per heavy atom. The highest BCUT2D eigenvalue weighted by Gasteiger charge is 2.13. The van der Waals surface area contributed by atoms with Gasteiger partial charge in [-0.15, -0.1) is 0 Å². The first-order chi connectivity index (χ1) is 5.13. The smallest absolute Gasteiger partial charge is 0.259 e. The molecule has 0 aromatic carbocycles. The molecule has 0 radical (unpaired) electrons. The molecule has 0 aliphatic carbocycles. The molecule has 0 bridgehead atoms. The van der Waals surface area contributed by atoms with Crippen LogP contribution in [0, 0.1) is 5.95 Å². The van der Waals surface area contributed by atoms with Gasteiger partial charge in [-0.2, -0.15) is 4.39 Å². The molecule has 1 aromatic rings. The van der Waals surface area contributed by atoms with Crippen LogP contribution >= 0.6 is 11.6 Å². The number of rotatable bonds is 1. The second kappa shape index (κ2) is 2.84. The molecule has 0 saturated carbocycles. The van der Waals surface area contributed by atoms with Crippen molar-refractivity contribution in [2.75, 3.05) is 5.73 Å². The summed E-state index contributed by atoms with van der Waals surface area (Å²) >= 11 is 5.01. The summed E-state index contributed by atoms with van der Waals surface area (Å²) in [5, 5.41) is -0.937. The number of aromatic nitrogens is 1. The number of halogens is 2. The van der Waals surface area contributed by atoms with Crippen LogP contribution in [-0.2, 0) is 0 Å². The van der Waals surface area contributed by atoms with E-state index in [1.807, 2.05) is 0 Å². The quantitative estimate of drug-likeness (QED) is 0.514. The fourth-order valence-corrected chi connectivity index (χ4v) is 0.832. The van der Waals surface area contributed by atoms with Gasteiger partial charge >= 0.3 is 0 Å². The van der Waals surface area contributed by atoms with Crippen LogP contribution in [0.4, 0.5) is 10.1 Å². The average Bonchev–Trinajstić information content (AvgIpc) is 1.85. The summed E-state index contributed by atoms with van der Waals surface area (Å²) in [6.45, 7) is 0. The number of carbonyl (C=O) groups is 1. The molecule has 0 saturated heterocycles. The normalized spacial score (nSPS) is 9.64. The molecule has 1 aromatic heterocycles. The number of hydrogen-bond acceptors (Lipinski definition) is 3. The Bertz CT molecular complexity index is 282. The van der Waals surface area contributed by atoms with Crippen LogP contribution in [0.25, 0.3) is 0 Å². The van der Waals surface area contributed by atoms with Gasteiger partial charge in [-0.3, -0.25) is 4.79 Å². The lowest BCUT2D eigenvalue weighted by atomic mass is 10.2. The molecule has 0 aliphatic rings. The van der Waals surface area contributed by atoms with Crippen LogP contribution in [0.3, 0.4) is 0 Å². The summed E-state index contributed by atoms with van der Waals surface area (Å²) in [6.07, 6.45) is 1.16. The fourth-order valence-electron chi connectivity index (χ4n) is 0.645. The van der Waals surface area contributed by atoms with E-state index in [1.54, 1.807) is 0 Å². The average molecular weight is 175 g/mol. The molecular formula is C6H4ClFN2O. The molecule has 58 valence electrons. The van der Waals surface area contributed by atoms with Crippen molar-refractivity contribution in [1.82, 2.24) is 4.98 Å². The minimum atomic E-state index is -0.940. The molecule has 0 amide bonds. The summed E-state index contributed by atoms with van der Waals surface area (Å²) in [5.41, 5.74) is 4.87. The van der Waals surface area contributed by atoms with Crippen molar-refractivity contribution in [2.45, 2.75) is 0 Å². The van der Waals surface area contributed by atoms with E-state index in [0.29, 0.717) is 0 Å². The zero-order valence-corrected chi connectivity index (χ0v) is 6.10. The Hall–Kier alpha value is -1.16. The number of nitrogen functional groups attached to an aromatic ring is 1. The molecule has 0 atom stereocenters. The topological polar surface area (TPSA) is 56.0 Å². The lowest BCUT2D eigenvalue weighted by Gasteiger charge is -1.98. The Balaban J connectivity index is 3.32. The van der Waals surface area contributed by atoms with Crippen molar-refractivity contribution in [1.29, 1.82) is 0 Å². The lowest BCUT2D eigenvalue weighted by Crippen LogP contribution is -2.02. The molecule has 0 aliphatic heterocycles. The van der Waals surface area contributed by atoms with Gasteiger partial charge in [0, 0.05) is 11.9 Å². The zero-order chi connectivity index (χ0) is 8.43. The summed E-state index contributed by atoms with van der Waals surface area (Å²) in [7, 11) is 0. The number of pyridine rings is 1. The van der Waals surface area contributed by atoms with E-state index >= 15 is 0 Å². The summed E-state index contributed by atoms with van der Waals surface area (Å²) in [5.74, 6) is -0.940. The first-order valence-electron chi connectivity index (χ1n) is 2.72. The van der Waals surface area contributed by atoms with Gasteiger partial charge in [0.1, 0.15) is 5.56 Å². The second-order valence-corrected chi connectivity index (χ2v) is 2.18. The number of hydrogen-bond donors (Lipinski definition) is 1. The van der Waals surface area contributed by atoms with Crippen molar-refractivity contribution >= 4 is 22.5 Å². The highest BCUT2D eigenvalue weighted by molar-refractivity contribution is 6.68. The minimum absolute atomic E-state index is 0.00231. The number of anilines is 1. The number of carbonyl (C=O) groups excluding carboxylic acids is 1. The lowest BCUT2D eigenvalue weighted by molar-refractivity contribution is 0.107. The Labute approximate surface area is 67.0 Å². The van der Waals surface area contributed by atoms with Gasteiger partial charge in [0.2, 0.25) is 5.95 Å². The van der Waals surface area contributed by atoms with Crippen molar-refractivity contribution in [3.8, 4) is 0 Å². The Kier molecular flexibility index (Phi) is 2.05.